The molecular weight excluding hydrogens is 302 g/mol. The van der Waals surface area contributed by atoms with Crippen molar-refractivity contribution in [1.82, 2.24) is 4.90 Å². The van der Waals surface area contributed by atoms with Crippen molar-refractivity contribution >= 4 is 22.6 Å². The Hall–Kier alpha value is -3.14. The highest BCUT2D eigenvalue weighted by atomic mass is 16.5. The zero-order valence-electron chi connectivity index (χ0n) is 12.9. The molecule has 0 radical (unpaired) electrons. The number of ether oxygens (including phenoxy) is 1. The first-order valence-electron chi connectivity index (χ1n) is 7.81. The summed E-state index contributed by atoms with van der Waals surface area (Å²) in [6.45, 7) is 0.503. The van der Waals surface area contributed by atoms with E-state index in [1.54, 1.807) is 24.3 Å². The van der Waals surface area contributed by atoms with E-state index in [4.69, 9.17) is 4.74 Å². The lowest BCUT2D eigenvalue weighted by Crippen LogP contribution is -2.33. The number of hydrogen-bond donors (Lipinski definition) is 0. The average molecular weight is 317 g/mol. The maximum Gasteiger partial charge on any atom is 0.261 e. The molecule has 118 valence electrons. The lowest BCUT2D eigenvalue weighted by atomic mass is 10.1. The van der Waals surface area contributed by atoms with E-state index in [-0.39, 0.29) is 25.0 Å². The Morgan fingerprint density at radius 2 is 1.38 bits per heavy atom. The third-order valence-electron chi connectivity index (χ3n) is 4.18. The van der Waals surface area contributed by atoms with Gasteiger partial charge in [0, 0.05) is 0 Å². The topological polar surface area (TPSA) is 46.6 Å². The van der Waals surface area contributed by atoms with Gasteiger partial charge in [-0.3, -0.25) is 14.5 Å². The highest BCUT2D eigenvalue weighted by Crippen LogP contribution is 2.23. The van der Waals surface area contributed by atoms with E-state index in [0.717, 1.165) is 16.5 Å². The molecule has 0 saturated carbocycles. The molecule has 4 nitrogen and oxygen atoms in total. The number of benzene rings is 3. The van der Waals surface area contributed by atoms with E-state index in [2.05, 4.69) is 0 Å². The Morgan fingerprint density at radius 1 is 0.750 bits per heavy atom. The lowest BCUT2D eigenvalue weighted by Gasteiger charge is -2.14. The fourth-order valence-electron chi connectivity index (χ4n) is 2.95. The first kappa shape index (κ1) is 14.5. The fourth-order valence-corrected chi connectivity index (χ4v) is 2.95. The van der Waals surface area contributed by atoms with E-state index >= 15 is 0 Å². The third kappa shape index (κ3) is 2.42. The highest BCUT2D eigenvalue weighted by Gasteiger charge is 2.34. The minimum absolute atomic E-state index is 0.235. The zero-order valence-corrected chi connectivity index (χ0v) is 12.9. The van der Waals surface area contributed by atoms with Gasteiger partial charge >= 0.3 is 0 Å². The average Bonchev–Trinajstić information content (AvgIpc) is 2.87. The number of rotatable bonds is 4. The van der Waals surface area contributed by atoms with Gasteiger partial charge in [-0.2, -0.15) is 0 Å². The van der Waals surface area contributed by atoms with Crippen LogP contribution in [0.1, 0.15) is 20.7 Å². The molecule has 0 fully saturated rings. The number of fused-ring (bicyclic) bond motifs is 2. The Bertz CT molecular complexity index is 913. The summed E-state index contributed by atoms with van der Waals surface area (Å²) in [6.07, 6.45) is 0. The van der Waals surface area contributed by atoms with Crippen LogP contribution in [0.2, 0.25) is 0 Å². The summed E-state index contributed by atoms with van der Waals surface area (Å²) in [4.78, 5) is 25.8. The van der Waals surface area contributed by atoms with E-state index in [1.807, 2.05) is 42.5 Å². The molecule has 2 amide bonds. The van der Waals surface area contributed by atoms with Crippen LogP contribution in [-0.2, 0) is 0 Å². The minimum Gasteiger partial charge on any atom is -0.492 e. The molecule has 4 rings (SSSR count). The Kier molecular flexibility index (Phi) is 3.50. The predicted octanol–water partition coefficient (Wildman–Crippen LogP) is 3.51. The molecule has 0 unspecified atom stereocenters. The van der Waals surface area contributed by atoms with Gasteiger partial charge < -0.3 is 4.74 Å². The quantitative estimate of drug-likeness (QED) is 0.692. The van der Waals surface area contributed by atoms with Crippen LogP contribution < -0.4 is 4.74 Å². The van der Waals surface area contributed by atoms with Gasteiger partial charge in [0.15, 0.2) is 0 Å². The summed E-state index contributed by atoms with van der Waals surface area (Å²) in [5, 5.41) is 2.24. The largest absolute Gasteiger partial charge is 0.492 e. The van der Waals surface area contributed by atoms with Gasteiger partial charge in [0.1, 0.15) is 12.4 Å². The molecule has 0 bridgehead atoms. The van der Waals surface area contributed by atoms with Crippen LogP contribution >= 0.6 is 0 Å². The number of carbonyl (C=O) groups excluding carboxylic acids is 2. The number of hydrogen-bond acceptors (Lipinski definition) is 3. The standard InChI is InChI=1S/C20H15NO3/c22-19-17-7-3-4-8-18(17)20(23)21(19)11-12-24-16-10-9-14-5-1-2-6-15(14)13-16/h1-10,13H,11-12H2. The minimum atomic E-state index is -0.252. The fraction of sp³-hybridized carbons (Fsp3) is 0.100. The van der Waals surface area contributed by atoms with Crippen molar-refractivity contribution in [2.45, 2.75) is 0 Å². The molecule has 0 N–H and O–H groups in total. The number of amides is 2. The number of nitrogens with zero attached hydrogens (tertiary/aromatic N) is 1. The summed E-state index contributed by atoms with van der Waals surface area (Å²) in [5.74, 6) is 0.223. The van der Waals surface area contributed by atoms with Crippen molar-refractivity contribution in [3.63, 3.8) is 0 Å². The molecule has 1 heterocycles. The summed E-state index contributed by atoms with van der Waals surface area (Å²) < 4.78 is 5.73. The van der Waals surface area contributed by atoms with Crippen LogP contribution in [0.15, 0.2) is 66.7 Å². The normalized spacial score (nSPS) is 13.4. The summed E-state index contributed by atoms with van der Waals surface area (Å²) in [5.41, 5.74) is 0.932. The smallest absolute Gasteiger partial charge is 0.261 e. The number of imide groups is 1. The van der Waals surface area contributed by atoms with E-state index in [0.29, 0.717) is 11.1 Å². The first-order valence-corrected chi connectivity index (χ1v) is 7.81. The number of carbonyl (C=O) groups is 2. The van der Waals surface area contributed by atoms with Crippen LogP contribution in [-0.4, -0.2) is 29.9 Å². The molecule has 0 saturated heterocycles. The van der Waals surface area contributed by atoms with Gasteiger partial charge in [0.25, 0.3) is 11.8 Å². The summed E-state index contributed by atoms with van der Waals surface area (Å²) in [7, 11) is 0. The predicted molar refractivity (Wildman–Crippen MR) is 91.3 cm³/mol. The molecule has 0 spiro atoms. The van der Waals surface area contributed by atoms with Gasteiger partial charge in [-0.25, -0.2) is 0 Å². The van der Waals surface area contributed by atoms with E-state index in [9.17, 15) is 9.59 Å². The highest BCUT2D eigenvalue weighted by molar-refractivity contribution is 6.21. The molecule has 1 aliphatic rings. The van der Waals surface area contributed by atoms with Crippen LogP contribution in [0.5, 0.6) is 5.75 Å². The van der Waals surface area contributed by atoms with Crippen LogP contribution in [0, 0.1) is 0 Å². The van der Waals surface area contributed by atoms with Gasteiger partial charge in [-0.1, -0.05) is 42.5 Å². The molecule has 4 heteroatoms. The Morgan fingerprint density at radius 3 is 2.08 bits per heavy atom. The van der Waals surface area contributed by atoms with Crippen molar-refractivity contribution in [3.05, 3.63) is 77.9 Å². The molecule has 24 heavy (non-hydrogen) atoms. The lowest BCUT2D eigenvalue weighted by molar-refractivity contribution is 0.0631. The van der Waals surface area contributed by atoms with Gasteiger partial charge in [-0.05, 0) is 35.0 Å². The molecule has 0 aliphatic carbocycles. The van der Waals surface area contributed by atoms with Crippen LogP contribution in [0.4, 0.5) is 0 Å². The van der Waals surface area contributed by atoms with Crippen LogP contribution in [0.25, 0.3) is 10.8 Å². The Labute approximate surface area is 139 Å². The third-order valence-corrected chi connectivity index (χ3v) is 4.18. The SMILES string of the molecule is O=C1c2ccccc2C(=O)N1CCOc1ccc2ccccc2c1. The zero-order chi connectivity index (χ0) is 16.5. The van der Waals surface area contributed by atoms with Crippen molar-refractivity contribution in [3.8, 4) is 5.75 Å². The van der Waals surface area contributed by atoms with Crippen molar-refractivity contribution in [2.24, 2.45) is 0 Å². The molecule has 1 aliphatic heterocycles. The van der Waals surface area contributed by atoms with E-state index in [1.165, 1.54) is 4.90 Å². The second kappa shape index (κ2) is 5.81. The second-order valence-electron chi connectivity index (χ2n) is 5.66. The maximum absolute atomic E-state index is 12.3. The van der Waals surface area contributed by atoms with Crippen molar-refractivity contribution in [1.29, 1.82) is 0 Å². The summed E-state index contributed by atoms with van der Waals surface area (Å²) in [6, 6.07) is 20.8. The van der Waals surface area contributed by atoms with Crippen LogP contribution in [0.3, 0.4) is 0 Å². The van der Waals surface area contributed by atoms with Crippen molar-refractivity contribution < 1.29 is 14.3 Å². The molecule has 3 aromatic rings. The Balaban J connectivity index is 1.44. The summed E-state index contributed by atoms with van der Waals surface area (Å²) >= 11 is 0. The second-order valence-corrected chi connectivity index (χ2v) is 5.66. The first-order chi connectivity index (χ1) is 11.7. The maximum atomic E-state index is 12.3. The van der Waals surface area contributed by atoms with Crippen molar-refractivity contribution in [2.75, 3.05) is 13.2 Å². The molecular formula is C20H15NO3. The van der Waals surface area contributed by atoms with Gasteiger partial charge in [-0.15, -0.1) is 0 Å². The van der Waals surface area contributed by atoms with E-state index < -0.39 is 0 Å². The monoisotopic (exact) mass is 317 g/mol. The van der Waals surface area contributed by atoms with Gasteiger partial charge in [0.05, 0.1) is 17.7 Å². The molecule has 0 aromatic heterocycles. The molecule has 0 atom stereocenters. The van der Waals surface area contributed by atoms with Gasteiger partial charge in [0.2, 0.25) is 0 Å². The molecule has 3 aromatic carbocycles.